The first-order valence-corrected chi connectivity index (χ1v) is 3.66. The van der Waals surface area contributed by atoms with Crippen molar-refractivity contribution in [3.05, 3.63) is 0 Å². The molecule has 1 saturated carbocycles. The van der Waals surface area contributed by atoms with E-state index in [1.807, 2.05) is 0 Å². The summed E-state index contributed by atoms with van der Waals surface area (Å²) in [5, 5.41) is 3.34. The highest BCUT2D eigenvalue weighted by atomic mass is 35.5. The van der Waals surface area contributed by atoms with Gasteiger partial charge in [-0.3, -0.25) is 0 Å². The molecule has 3 N–H and O–H groups in total. The summed E-state index contributed by atoms with van der Waals surface area (Å²) < 4.78 is 0. The van der Waals surface area contributed by atoms with E-state index in [2.05, 4.69) is 12.2 Å². The average molecular weight is 199 g/mol. The van der Waals surface area contributed by atoms with Crippen molar-refractivity contribution in [3.8, 4) is 0 Å². The normalized spacial score (nSPS) is 37.6. The molecule has 2 fully saturated rings. The SMILES string of the molecule is C[C@@]1(N)CNCC12CC2.Cl.Cl. The Labute approximate surface area is 80.1 Å². The van der Waals surface area contributed by atoms with Crippen molar-refractivity contribution < 1.29 is 0 Å². The van der Waals surface area contributed by atoms with Crippen molar-refractivity contribution in [2.75, 3.05) is 13.1 Å². The molecule has 0 unspecified atom stereocenters. The zero-order valence-electron chi connectivity index (χ0n) is 6.72. The van der Waals surface area contributed by atoms with Gasteiger partial charge in [0.1, 0.15) is 0 Å². The van der Waals surface area contributed by atoms with E-state index < -0.39 is 0 Å². The van der Waals surface area contributed by atoms with Crippen LogP contribution in [0.5, 0.6) is 0 Å². The number of nitrogens with one attached hydrogen (secondary N) is 1. The van der Waals surface area contributed by atoms with E-state index in [1.54, 1.807) is 0 Å². The Morgan fingerprint density at radius 1 is 1.18 bits per heavy atom. The van der Waals surface area contributed by atoms with Gasteiger partial charge >= 0.3 is 0 Å². The third-order valence-corrected chi connectivity index (χ3v) is 3.02. The van der Waals surface area contributed by atoms with Gasteiger partial charge in [0.25, 0.3) is 0 Å². The fourth-order valence-corrected chi connectivity index (χ4v) is 1.85. The lowest BCUT2D eigenvalue weighted by atomic mass is 9.87. The maximum Gasteiger partial charge on any atom is 0.0321 e. The summed E-state index contributed by atoms with van der Waals surface area (Å²) in [4.78, 5) is 0. The Bertz CT molecular complexity index is 139. The molecule has 2 rings (SSSR count). The zero-order valence-corrected chi connectivity index (χ0v) is 8.36. The van der Waals surface area contributed by atoms with Crippen LogP contribution in [0.4, 0.5) is 0 Å². The van der Waals surface area contributed by atoms with E-state index >= 15 is 0 Å². The first-order valence-electron chi connectivity index (χ1n) is 3.66. The average Bonchev–Trinajstić information content (AvgIpc) is 2.41. The molecule has 0 aromatic rings. The summed E-state index contributed by atoms with van der Waals surface area (Å²) in [5.74, 6) is 0. The van der Waals surface area contributed by atoms with Gasteiger partial charge in [-0.15, -0.1) is 24.8 Å². The molecule has 0 radical (unpaired) electrons. The fourth-order valence-electron chi connectivity index (χ4n) is 1.85. The summed E-state index contributed by atoms with van der Waals surface area (Å²) >= 11 is 0. The summed E-state index contributed by atoms with van der Waals surface area (Å²) in [6.45, 7) is 4.33. The molecule has 0 aromatic carbocycles. The number of hydrogen-bond acceptors (Lipinski definition) is 2. The van der Waals surface area contributed by atoms with Gasteiger partial charge in [-0.05, 0) is 19.8 Å². The van der Waals surface area contributed by atoms with Crippen LogP contribution in [0.2, 0.25) is 0 Å². The predicted octanol–water partition coefficient (Wildman–Crippen LogP) is 0.931. The van der Waals surface area contributed by atoms with Crippen LogP contribution in [-0.2, 0) is 0 Å². The monoisotopic (exact) mass is 198 g/mol. The second-order valence-electron chi connectivity index (χ2n) is 3.80. The maximum atomic E-state index is 6.06. The minimum atomic E-state index is 0. The smallest absolute Gasteiger partial charge is 0.0321 e. The molecule has 0 amide bonds. The minimum Gasteiger partial charge on any atom is -0.324 e. The van der Waals surface area contributed by atoms with Gasteiger partial charge < -0.3 is 11.1 Å². The van der Waals surface area contributed by atoms with Crippen LogP contribution in [0.3, 0.4) is 0 Å². The molecule has 0 bridgehead atoms. The van der Waals surface area contributed by atoms with E-state index in [4.69, 9.17) is 5.73 Å². The van der Waals surface area contributed by atoms with Crippen molar-refractivity contribution in [2.24, 2.45) is 11.1 Å². The molecule has 1 spiro atoms. The molecule has 2 nitrogen and oxygen atoms in total. The molecule has 11 heavy (non-hydrogen) atoms. The fraction of sp³-hybridized carbons (Fsp3) is 1.00. The molecule has 1 atom stereocenters. The van der Waals surface area contributed by atoms with E-state index in [0.717, 1.165) is 13.1 Å². The van der Waals surface area contributed by atoms with Crippen LogP contribution in [-0.4, -0.2) is 18.6 Å². The second-order valence-corrected chi connectivity index (χ2v) is 3.80. The molecule has 1 heterocycles. The van der Waals surface area contributed by atoms with E-state index in [9.17, 15) is 0 Å². The molecular weight excluding hydrogens is 183 g/mol. The van der Waals surface area contributed by atoms with Crippen LogP contribution in [0, 0.1) is 5.41 Å². The lowest BCUT2D eigenvalue weighted by molar-refractivity contribution is 0.354. The van der Waals surface area contributed by atoms with Gasteiger partial charge in [0, 0.05) is 24.0 Å². The zero-order chi connectivity index (χ0) is 6.54. The van der Waals surface area contributed by atoms with Gasteiger partial charge in [-0.2, -0.15) is 0 Å². The maximum absolute atomic E-state index is 6.06. The number of rotatable bonds is 0. The highest BCUT2D eigenvalue weighted by Gasteiger charge is 2.57. The van der Waals surface area contributed by atoms with Gasteiger partial charge in [-0.1, -0.05) is 0 Å². The summed E-state index contributed by atoms with van der Waals surface area (Å²) in [6, 6.07) is 0. The van der Waals surface area contributed by atoms with Crippen molar-refractivity contribution in [2.45, 2.75) is 25.3 Å². The molecule has 2 aliphatic rings. The molecule has 0 aromatic heterocycles. The largest absolute Gasteiger partial charge is 0.324 e. The molecule has 1 aliphatic heterocycles. The highest BCUT2D eigenvalue weighted by molar-refractivity contribution is 5.85. The van der Waals surface area contributed by atoms with Crippen molar-refractivity contribution >= 4 is 24.8 Å². The quantitative estimate of drug-likeness (QED) is 0.609. The predicted molar refractivity (Wildman–Crippen MR) is 51.6 cm³/mol. The lowest BCUT2D eigenvalue weighted by Crippen LogP contribution is -2.45. The number of nitrogens with two attached hydrogens (primary N) is 1. The first kappa shape index (κ1) is 11.5. The lowest BCUT2D eigenvalue weighted by Gasteiger charge is -2.24. The first-order chi connectivity index (χ1) is 4.16. The Morgan fingerprint density at radius 2 is 1.73 bits per heavy atom. The summed E-state index contributed by atoms with van der Waals surface area (Å²) in [7, 11) is 0. The van der Waals surface area contributed by atoms with Gasteiger partial charge in [0.2, 0.25) is 0 Å². The van der Waals surface area contributed by atoms with Gasteiger partial charge in [-0.25, -0.2) is 0 Å². The molecule has 68 valence electrons. The van der Waals surface area contributed by atoms with Gasteiger partial charge in [0.05, 0.1) is 0 Å². The van der Waals surface area contributed by atoms with Crippen LogP contribution >= 0.6 is 24.8 Å². The molecule has 1 saturated heterocycles. The minimum absolute atomic E-state index is 0. The van der Waals surface area contributed by atoms with Crippen LogP contribution in [0.15, 0.2) is 0 Å². The van der Waals surface area contributed by atoms with Crippen molar-refractivity contribution in [1.82, 2.24) is 5.32 Å². The molecule has 1 aliphatic carbocycles. The van der Waals surface area contributed by atoms with E-state index in [1.165, 1.54) is 12.8 Å². The molecule has 4 heteroatoms. The number of hydrogen-bond donors (Lipinski definition) is 2. The summed E-state index contributed by atoms with van der Waals surface area (Å²) in [5.41, 5.74) is 6.65. The third-order valence-electron chi connectivity index (χ3n) is 3.02. The summed E-state index contributed by atoms with van der Waals surface area (Å²) in [6.07, 6.45) is 2.68. The topological polar surface area (TPSA) is 38.0 Å². The Balaban J connectivity index is 0.000000500. The van der Waals surface area contributed by atoms with Crippen LogP contribution in [0.1, 0.15) is 19.8 Å². The van der Waals surface area contributed by atoms with Crippen LogP contribution < -0.4 is 11.1 Å². The Kier molecular flexibility index (Phi) is 3.23. The van der Waals surface area contributed by atoms with E-state index in [0.29, 0.717) is 5.41 Å². The Hall–Kier alpha value is 0.500. The number of halogens is 2. The van der Waals surface area contributed by atoms with Gasteiger partial charge in [0.15, 0.2) is 0 Å². The van der Waals surface area contributed by atoms with E-state index in [-0.39, 0.29) is 30.4 Å². The van der Waals surface area contributed by atoms with Crippen molar-refractivity contribution in [1.29, 1.82) is 0 Å². The third kappa shape index (κ3) is 1.50. The van der Waals surface area contributed by atoms with Crippen molar-refractivity contribution in [3.63, 3.8) is 0 Å². The second kappa shape index (κ2) is 3.09. The molecular formula is C7H16Cl2N2. The highest BCUT2D eigenvalue weighted by Crippen LogP contribution is 2.54. The Morgan fingerprint density at radius 3 is 1.91 bits per heavy atom. The standard InChI is InChI=1S/C7H14N2.2ClH/c1-6(8)4-9-5-7(6)2-3-7;;/h9H,2-5,8H2,1H3;2*1H/t6-;;/m1../s1. The van der Waals surface area contributed by atoms with Crippen LogP contribution in [0.25, 0.3) is 0 Å².